The predicted molar refractivity (Wildman–Crippen MR) is 125 cm³/mol. The number of anilines is 1. The zero-order valence-electron chi connectivity index (χ0n) is 18.1. The Kier molecular flexibility index (Phi) is 5.16. The van der Waals surface area contributed by atoms with Crippen LogP contribution < -0.4 is 14.8 Å². The van der Waals surface area contributed by atoms with Gasteiger partial charge in [0.25, 0.3) is 0 Å². The number of aromatic amines is 1. The third-order valence-electron chi connectivity index (χ3n) is 6.15. The topological polar surface area (TPSA) is 83.0 Å². The highest BCUT2D eigenvalue weighted by atomic mass is 16.5. The molecule has 3 aromatic carbocycles. The van der Waals surface area contributed by atoms with Crippen LogP contribution in [0.3, 0.4) is 0 Å². The fourth-order valence-electron chi connectivity index (χ4n) is 4.54. The minimum atomic E-state index is 0.223. The maximum atomic E-state index is 9.21. The molecule has 1 atom stereocenters. The minimum Gasteiger partial charge on any atom is -0.493 e. The molecule has 0 fully saturated rings. The minimum absolute atomic E-state index is 0.223. The molecule has 0 amide bonds. The Hall–Kier alpha value is -3.98. The molecule has 2 N–H and O–H groups in total. The van der Waals surface area contributed by atoms with Crippen LogP contribution in [0.15, 0.2) is 54.6 Å². The SMILES string of the molecule is COc1ccc(-c2n[nH]c3ccc(N[C@H]4CCCc5cc(C#N)ccc54)cc23)cc1OC. The van der Waals surface area contributed by atoms with E-state index < -0.39 is 0 Å². The monoisotopic (exact) mass is 424 g/mol. The quantitative estimate of drug-likeness (QED) is 0.435. The van der Waals surface area contributed by atoms with E-state index >= 15 is 0 Å². The third-order valence-corrected chi connectivity index (χ3v) is 6.15. The molecule has 0 saturated heterocycles. The predicted octanol–water partition coefficient (Wildman–Crippen LogP) is 5.61. The molecule has 32 heavy (non-hydrogen) atoms. The summed E-state index contributed by atoms with van der Waals surface area (Å²) in [7, 11) is 3.26. The van der Waals surface area contributed by atoms with Crippen molar-refractivity contribution in [1.29, 1.82) is 5.26 Å². The van der Waals surface area contributed by atoms with Crippen LogP contribution in [0.5, 0.6) is 11.5 Å². The summed E-state index contributed by atoms with van der Waals surface area (Å²) in [5.74, 6) is 1.36. The summed E-state index contributed by atoms with van der Waals surface area (Å²) in [5.41, 5.74) is 7.12. The summed E-state index contributed by atoms with van der Waals surface area (Å²) in [6.07, 6.45) is 3.18. The number of hydrogen-bond acceptors (Lipinski definition) is 5. The average Bonchev–Trinajstić information content (AvgIpc) is 3.26. The van der Waals surface area contributed by atoms with Gasteiger partial charge in [0.1, 0.15) is 5.69 Å². The smallest absolute Gasteiger partial charge is 0.161 e. The van der Waals surface area contributed by atoms with E-state index in [0.29, 0.717) is 11.5 Å². The lowest BCUT2D eigenvalue weighted by molar-refractivity contribution is 0.355. The first-order valence-corrected chi connectivity index (χ1v) is 10.7. The molecule has 0 radical (unpaired) electrons. The molecule has 6 nitrogen and oxygen atoms in total. The molecule has 0 spiro atoms. The van der Waals surface area contributed by atoms with Gasteiger partial charge >= 0.3 is 0 Å². The highest BCUT2D eigenvalue weighted by molar-refractivity contribution is 5.95. The molecule has 6 heteroatoms. The first kappa shape index (κ1) is 20.0. The molecule has 0 unspecified atom stereocenters. The van der Waals surface area contributed by atoms with Gasteiger partial charge in [-0.15, -0.1) is 0 Å². The molecular formula is C26H24N4O2. The number of fused-ring (bicyclic) bond motifs is 2. The molecule has 0 bridgehead atoms. The van der Waals surface area contributed by atoms with Crippen LogP contribution in [0.1, 0.15) is 35.6 Å². The van der Waals surface area contributed by atoms with Crippen molar-refractivity contribution in [3.05, 3.63) is 71.3 Å². The molecule has 0 saturated carbocycles. The molecule has 0 aliphatic heterocycles. The molecule has 1 aliphatic carbocycles. The number of hydrogen-bond donors (Lipinski definition) is 2. The van der Waals surface area contributed by atoms with Gasteiger partial charge in [0.15, 0.2) is 11.5 Å². The maximum absolute atomic E-state index is 9.21. The summed E-state index contributed by atoms with van der Waals surface area (Å²) in [6.45, 7) is 0. The number of ether oxygens (including phenoxy) is 2. The van der Waals surface area contributed by atoms with E-state index in [2.05, 4.69) is 45.8 Å². The van der Waals surface area contributed by atoms with Crippen LogP contribution in [0.4, 0.5) is 5.69 Å². The first-order valence-electron chi connectivity index (χ1n) is 10.7. The number of aryl methyl sites for hydroxylation is 1. The van der Waals surface area contributed by atoms with E-state index in [-0.39, 0.29) is 6.04 Å². The van der Waals surface area contributed by atoms with Gasteiger partial charge in [-0.25, -0.2) is 0 Å². The van der Waals surface area contributed by atoms with Gasteiger partial charge in [-0.1, -0.05) is 6.07 Å². The average molecular weight is 425 g/mol. The normalized spacial score (nSPS) is 15.1. The standard InChI is InChI=1S/C26H24N4O2/c1-31-24-11-7-18(13-25(24)32-2)26-21-14-19(8-10-23(21)29-30-26)28-22-5-3-4-17-12-16(15-27)6-9-20(17)22/h6-14,22,28H,3-5H2,1-2H3,(H,29,30)/t22-/m0/s1. The highest BCUT2D eigenvalue weighted by Crippen LogP contribution is 2.37. The summed E-state index contributed by atoms with van der Waals surface area (Å²) < 4.78 is 10.8. The van der Waals surface area contributed by atoms with Gasteiger partial charge in [-0.05, 0) is 78.9 Å². The number of H-pyrrole nitrogens is 1. The van der Waals surface area contributed by atoms with Gasteiger partial charge < -0.3 is 14.8 Å². The van der Waals surface area contributed by atoms with E-state index in [1.54, 1.807) is 14.2 Å². The van der Waals surface area contributed by atoms with Crippen LogP contribution >= 0.6 is 0 Å². The van der Waals surface area contributed by atoms with E-state index in [4.69, 9.17) is 9.47 Å². The second-order valence-electron chi connectivity index (χ2n) is 8.02. The van der Waals surface area contributed by atoms with Crippen molar-refractivity contribution in [2.24, 2.45) is 0 Å². The van der Waals surface area contributed by atoms with Crippen molar-refractivity contribution >= 4 is 16.6 Å². The Morgan fingerprint density at radius 2 is 1.91 bits per heavy atom. The highest BCUT2D eigenvalue weighted by Gasteiger charge is 2.21. The zero-order valence-corrected chi connectivity index (χ0v) is 18.1. The van der Waals surface area contributed by atoms with E-state index in [1.807, 2.05) is 30.3 Å². The lowest BCUT2D eigenvalue weighted by Crippen LogP contribution is -2.17. The number of nitriles is 1. The summed E-state index contributed by atoms with van der Waals surface area (Å²) in [4.78, 5) is 0. The fourth-order valence-corrected chi connectivity index (χ4v) is 4.54. The van der Waals surface area contributed by atoms with Crippen molar-refractivity contribution in [3.8, 4) is 28.8 Å². The summed E-state index contributed by atoms with van der Waals surface area (Å²) >= 11 is 0. The first-order chi connectivity index (χ1) is 15.7. The summed E-state index contributed by atoms with van der Waals surface area (Å²) in [6, 6.07) is 20.6. The van der Waals surface area contributed by atoms with Crippen molar-refractivity contribution in [2.45, 2.75) is 25.3 Å². The Bertz CT molecular complexity index is 1340. The van der Waals surface area contributed by atoms with Crippen LogP contribution in [-0.4, -0.2) is 24.4 Å². The van der Waals surface area contributed by atoms with Crippen molar-refractivity contribution in [1.82, 2.24) is 10.2 Å². The lowest BCUT2D eigenvalue weighted by atomic mass is 9.86. The zero-order chi connectivity index (χ0) is 22.1. The third kappa shape index (κ3) is 3.52. The van der Waals surface area contributed by atoms with Gasteiger partial charge in [0, 0.05) is 16.6 Å². The molecule has 1 aliphatic rings. The Morgan fingerprint density at radius 3 is 2.72 bits per heavy atom. The van der Waals surface area contributed by atoms with Gasteiger partial charge in [-0.2, -0.15) is 10.4 Å². The van der Waals surface area contributed by atoms with Gasteiger partial charge in [-0.3, -0.25) is 5.10 Å². The van der Waals surface area contributed by atoms with Crippen LogP contribution in [0.25, 0.3) is 22.2 Å². The number of methoxy groups -OCH3 is 2. The van der Waals surface area contributed by atoms with E-state index in [1.165, 1.54) is 11.1 Å². The van der Waals surface area contributed by atoms with E-state index in [0.717, 1.165) is 52.7 Å². The lowest BCUT2D eigenvalue weighted by Gasteiger charge is -2.27. The molecule has 5 rings (SSSR count). The summed E-state index contributed by atoms with van der Waals surface area (Å²) in [5, 5.41) is 21.7. The van der Waals surface area contributed by atoms with Crippen molar-refractivity contribution < 1.29 is 9.47 Å². The number of rotatable bonds is 5. The Labute approximate surface area is 186 Å². The van der Waals surface area contributed by atoms with Crippen molar-refractivity contribution in [2.75, 3.05) is 19.5 Å². The molecule has 1 aromatic heterocycles. The van der Waals surface area contributed by atoms with Crippen LogP contribution in [0.2, 0.25) is 0 Å². The van der Waals surface area contributed by atoms with Gasteiger partial charge in [0.05, 0.1) is 37.4 Å². The van der Waals surface area contributed by atoms with Crippen LogP contribution in [0, 0.1) is 11.3 Å². The molecular weight excluding hydrogens is 400 g/mol. The van der Waals surface area contributed by atoms with Crippen LogP contribution in [-0.2, 0) is 6.42 Å². The number of benzene rings is 3. The Balaban J connectivity index is 1.49. The fraction of sp³-hybridized carbons (Fsp3) is 0.231. The number of nitrogens with zero attached hydrogens (tertiary/aromatic N) is 2. The molecule has 1 heterocycles. The largest absolute Gasteiger partial charge is 0.493 e. The maximum Gasteiger partial charge on any atom is 0.161 e. The Morgan fingerprint density at radius 1 is 1.03 bits per heavy atom. The second kappa shape index (κ2) is 8.27. The molecule has 160 valence electrons. The number of aromatic nitrogens is 2. The van der Waals surface area contributed by atoms with E-state index in [9.17, 15) is 5.26 Å². The number of nitrogens with one attached hydrogen (secondary N) is 2. The second-order valence-corrected chi connectivity index (χ2v) is 8.02. The molecule has 4 aromatic rings. The van der Waals surface area contributed by atoms with Gasteiger partial charge in [0.2, 0.25) is 0 Å². The van der Waals surface area contributed by atoms with Crippen molar-refractivity contribution in [3.63, 3.8) is 0 Å².